The molecule has 13 heavy (non-hydrogen) atoms. The van der Waals surface area contributed by atoms with E-state index in [2.05, 4.69) is 40.1 Å². The normalized spacial score (nSPS) is 14.5. The van der Waals surface area contributed by atoms with Gasteiger partial charge in [0.1, 0.15) is 0 Å². The Hall–Kier alpha value is -0.0400. The molecule has 0 rings (SSSR count). The van der Waals surface area contributed by atoms with E-state index in [0.29, 0.717) is 11.5 Å². The molecule has 0 aromatic heterocycles. The van der Waals surface area contributed by atoms with Crippen molar-refractivity contribution in [2.24, 2.45) is 5.41 Å². The minimum absolute atomic E-state index is 0.404. The summed E-state index contributed by atoms with van der Waals surface area (Å²) in [6.45, 7) is 9.20. The zero-order chi connectivity index (χ0) is 10.3. The van der Waals surface area contributed by atoms with Crippen LogP contribution in [0.25, 0.3) is 0 Å². The molecule has 80 valence electrons. The van der Waals surface area contributed by atoms with E-state index in [1.165, 1.54) is 32.1 Å². The second-order valence-electron chi connectivity index (χ2n) is 5.06. The lowest BCUT2D eigenvalue weighted by Gasteiger charge is -2.30. The summed E-state index contributed by atoms with van der Waals surface area (Å²) in [4.78, 5) is 0. The van der Waals surface area contributed by atoms with Gasteiger partial charge in [-0.1, -0.05) is 53.4 Å². The Labute approximate surface area is 84.3 Å². The first-order chi connectivity index (χ1) is 6.02. The van der Waals surface area contributed by atoms with Crippen molar-refractivity contribution in [2.75, 3.05) is 7.05 Å². The highest BCUT2D eigenvalue weighted by Gasteiger charge is 2.21. The molecule has 0 heterocycles. The van der Waals surface area contributed by atoms with Crippen LogP contribution in [-0.2, 0) is 0 Å². The van der Waals surface area contributed by atoms with Gasteiger partial charge in [-0.3, -0.25) is 0 Å². The van der Waals surface area contributed by atoms with Crippen molar-refractivity contribution in [1.29, 1.82) is 0 Å². The smallest absolute Gasteiger partial charge is 0.0113 e. The highest BCUT2D eigenvalue weighted by atomic mass is 14.9. The van der Waals surface area contributed by atoms with Gasteiger partial charge in [-0.2, -0.15) is 0 Å². The van der Waals surface area contributed by atoms with Crippen LogP contribution in [0.3, 0.4) is 0 Å². The van der Waals surface area contributed by atoms with Crippen molar-refractivity contribution in [3.8, 4) is 0 Å². The van der Waals surface area contributed by atoms with Crippen LogP contribution in [0.15, 0.2) is 0 Å². The molecule has 0 saturated carbocycles. The molecule has 0 saturated heterocycles. The Balaban J connectivity index is 3.61. The van der Waals surface area contributed by atoms with Crippen molar-refractivity contribution in [3.63, 3.8) is 0 Å². The molecule has 1 nitrogen and oxygen atoms in total. The Morgan fingerprint density at radius 2 is 1.69 bits per heavy atom. The summed E-state index contributed by atoms with van der Waals surface area (Å²) in [7, 11) is 2.08. The molecule has 0 aliphatic heterocycles. The van der Waals surface area contributed by atoms with Gasteiger partial charge in [0.05, 0.1) is 0 Å². The Morgan fingerprint density at radius 3 is 2.08 bits per heavy atom. The molecular formula is C12H27N. The van der Waals surface area contributed by atoms with Crippen molar-refractivity contribution in [2.45, 2.75) is 65.8 Å². The standard InChI is InChI=1S/C12H27N/c1-6-7-8-9-10-11(13-5)12(2,3)4/h11,13H,6-10H2,1-5H3. The van der Waals surface area contributed by atoms with E-state index in [1.807, 2.05) is 0 Å². The largest absolute Gasteiger partial charge is 0.316 e. The monoisotopic (exact) mass is 185 g/mol. The molecule has 0 aromatic carbocycles. The molecule has 0 aliphatic carbocycles. The van der Waals surface area contributed by atoms with Gasteiger partial charge in [0.25, 0.3) is 0 Å². The summed E-state index contributed by atoms with van der Waals surface area (Å²) in [6, 6.07) is 0.671. The lowest BCUT2D eigenvalue weighted by Crippen LogP contribution is -2.37. The average molecular weight is 185 g/mol. The summed E-state index contributed by atoms with van der Waals surface area (Å²) in [5.74, 6) is 0. The van der Waals surface area contributed by atoms with Gasteiger partial charge < -0.3 is 5.32 Å². The summed E-state index contributed by atoms with van der Waals surface area (Å²) in [5, 5.41) is 3.42. The van der Waals surface area contributed by atoms with Crippen LogP contribution in [-0.4, -0.2) is 13.1 Å². The SMILES string of the molecule is CCCCCCC(NC)C(C)(C)C. The number of rotatable bonds is 6. The van der Waals surface area contributed by atoms with Crippen LogP contribution < -0.4 is 5.32 Å². The van der Waals surface area contributed by atoms with E-state index in [0.717, 1.165) is 0 Å². The van der Waals surface area contributed by atoms with E-state index < -0.39 is 0 Å². The molecule has 1 heteroatoms. The maximum atomic E-state index is 3.42. The summed E-state index contributed by atoms with van der Waals surface area (Å²) >= 11 is 0. The first kappa shape index (κ1) is 13.0. The lowest BCUT2D eigenvalue weighted by atomic mass is 9.84. The second-order valence-corrected chi connectivity index (χ2v) is 5.06. The van der Waals surface area contributed by atoms with Crippen LogP contribution in [0, 0.1) is 5.41 Å². The molecule has 1 N–H and O–H groups in total. The fourth-order valence-electron chi connectivity index (χ4n) is 1.79. The molecule has 0 radical (unpaired) electrons. The Bertz CT molecular complexity index is 113. The van der Waals surface area contributed by atoms with Crippen molar-refractivity contribution in [1.82, 2.24) is 5.32 Å². The average Bonchev–Trinajstić information content (AvgIpc) is 2.02. The fourth-order valence-corrected chi connectivity index (χ4v) is 1.79. The number of hydrogen-bond acceptors (Lipinski definition) is 1. The number of hydrogen-bond donors (Lipinski definition) is 1. The molecule has 0 aliphatic rings. The van der Waals surface area contributed by atoms with Gasteiger partial charge in [0.2, 0.25) is 0 Å². The van der Waals surface area contributed by atoms with Crippen LogP contribution >= 0.6 is 0 Å². The van der Waals surface area contributed by atoms with E-state index in [1.54, 1.807) is 0 Å². The molecule has 1 atom stereocenters. The molecule has 0 bridgehead atoms. The summed E-state index contributed by atoms with van der Waals surface area (Å²) < 4.78 is 0. The summed E-state index contributed by atoms with van der Waals surface area (Å²) in [5.41, 5.74) is 0.404. The van der Waals surface area contributed by atoms with E-state index in [9.17, 15) is 0 Å². The van der Waals surface area contributed by atoms with Crippen LogP contribution in [0.1, 0.15) is 59.8 Å². The highest BCUT2D eigenvalue weighted by Crippen LogP contribution is 2.23. The highest BCUT2D eigenvalue weighted by molar-refractivity contribution is 4.78. The lowest BCUT2D eigenvalue weighted by molar-refractivity contribution is 0.261. The topological polar surface area (TPSA) is 12.0 Å². The molecule has 0 spiro atoms. The van der Waals surface area contributed by atoms with Crippen molar-refractivity contribution >= 4 is 0 Å². The van der Waals surface area contributed by atoms with E-state index in [-0.39, 0.29) is 0 Å². The van der Waals surface area contributed by atoms with Gasteiger partial charge in [-0.25, -0.2) is 0 Å². The van der Waals surface area contributed by atoms with Gasteiger partial charge in [-0.15, -0.1) is 0 Å². The van der Waals surface area contributed by atoms with E-state index in [4.69, 9.17) is 0 Å². The van der Waals surface area contributed by atoms with Gasteiger partial charge in [-0.05, 0) is 18.9 Å². The third-order valence-corrected chi connectivity index (χ3v) is 2.74. The van der Waals surface area contributed by atoms with Crippen molar-refractivity contribution < 1.29 is 0 Å². The fraction of sp³-hybridized carbons (Fsp3) is 1.00. The van der Waals surface area contributed by atoms with Crippen LogP contribution in [0.2, 0.25) is 0 Å². The second kappa shape index (κ2) is 6.42. The maximum Gasteiger partial charge on any atom is 0.0113 e. The third-order valence-electron chi connectivity index (χ3n) is 2.74. The molecular weight excluding hydrogens is 158 g/mol. The quantitative estimate of drug-likeness (QED) is 0.624. The van der Waals surface area contributed by atoms with Crippen LogP contribution in [0.5, 0.6) is 0 Å². The zero-order valence-corrected chi connectivity index (χ0v) is 10.1. The van der Waals surface area contributed by atoms with E-state index >= 15 is 0 Å². The summed E-state index contributed by atoms with van der Waals surface area (Å²) in [6.07, 6.45) is 6.81. The Morgan fingerprint density at radius 1 is 1.08 bits per heavy atom. The van der Waals surface area contributed by atoms with Gasteiger partial charge in [0, 0.05) is 6.04 Å². The third kappa shape index (κ3) is 6.09. The maximum absolute atomic E-state index is 3.42. The minimum atomic E-state index is 0.404. The zero-order valence-electron chi connectivity index (χ0n) is 10.1. The molecule has 0 fully saturated rings. The van der Waals surface area contributed by atoms with Crippen molar-refractivity contribution in [3.05, 3.63) is 0 Å². The molecule has 0 aromatic rings. The molecule has 0 amide bonds. The Kier molecular flexibility index (Phi) is 6.40. The molecule has 1 unspecified atom stereocenters. The predicted octanol–water partition coefficient (Wildman–Crippen LogP) is 3.59. The predicted molar refractivity (Wildman–Crippen MR) is 61.1 cm³/mol. The van der Waals surface area contributed by atoms with Crippen LogP contribution in [0.4, 0.5) is 0 Å². The minimum Gasteiger partial charge on any atom is -0.316 e. The number of unbranched alkanes of at least 4 members (excludes halogenated alkanes) is 3. The van der Waals surface area contributed by atoms with Gasteiger partial charge >= 0.3 is 0 Å². The van der Waals surface area contributed by atoms with Gasteiger partial charge in [0.15, 0.2) is 0 Å². The number of nitrogens with one attached hydrogen (secondary N) is 1. The first-order valence-corrected chi connectivity index (χ1v) is 5.69. The first-order valence-electron chi connectivity index (χ1n) is 5.69.